The fourth-order valence-electron chi connectivity index (χ4n) is 1.84. The minimum Gasteiger partial charge on any atom is -0.384 e. The van der Waals surface area contributed by atoms with Gasteiger partial charge < -0.3 is 10.8 Å². The average molecular weight is 228 g/mol. The number of hydrogen-bond donors (Lipinski definition) is 2. The van der Waals surface area contributed by atoms with Gasteiger partial charge in [0.25, 0.3) is 0 Å². The first-order valence-electron chi connectivity index (χ1n) is 5.54. The zero-order valence-corrected chi connectivity index (χ0v) is 10.0. The van der Waals surface area contributed by atoms with E-state index in [1.54, 1.807) is 6.20 Å². The molecule has 0 aliphatic rings. The van der Waals surface area contributed by atoms with Gasteiger partial charge in [0, 0.05) is 11.8 Å². The molecule has 17 heavy (non-hydrogen) atoms. The van der Waals surface area contributed by atoms with E-state index in [1.807, 2.05) is 44.2 Å². The van der Waals surface area contributed by atoms with Crippen molar-refractivity contribution in [2.24, 2.45) is 0 Å². The topological polar surface area (TPSA) is 59.1 Å². The van der Waals surface area contributed by atoms with Crippen LogP contribution in [0.5, 0.6) is 0 Å². The van der Waals surface area contributed by atoms with Crippen molar-refractivity contribution in [2.45, 2.75) is 20.0 Å². The number of nitrogens with zero attached hydrogens (tertiary/aromatic N) is 1. The molecule has 1 aromatic heterocycles. The molecule has 1 unspecified atom stereocenters. The molecule has 88 valence electrons. The van der Waals surface area contributed by atoms with E-state index < -0.39 is 6.10 Å². The summed E-state index contributed by atoms with van der Waals surface area (Å²) < 4.78 is 0. The highest BCUT2D eigenvalue weighted by molar-refractivity contribution is 5.46. The molecule has 2 rings (SSSR count). The van der Waals surface area contributed by atoms with Crippen molar-refractivity contribution >= 4 is 5.82 Å². The molecule has 0 saturated heterocycles. The van der Waals surface area contributed by atoms with E-state index in [2.05, 4.69) is 4.98 Å². The van der Waals surface area contributed by atoms with Gasteiger partial charge in [-0.15, -0.1) is 0 Å². The molecule has 3 nitrogen and oxygen atoms in total. The third kappa shape index (κ3) is 2.45. The molecular weight excluding hydrogens is 212 g/mol. The van der Waals surface area contributed by atoms with Crippen LogP contribution in [0.1, 0.15) is 28.4 Å². The standard InChI is InChI=1S/C14H16N2O/c1-9-4-3-5-11(6-9)13(17)12-7-10(2)8-16-14(12)15/h3-8,13,17H,1-2H3,(H2,15,16). The van der Waals surface area contributed by atoms with E-state index >= 15 is 0 Å². The lowest BCUT2D eigenvalue weighted by Gasteiger charge is -2.14. The first kappa shape index (κ1) is 11.6. The second-order valence-corrected chi connectivity index (χ2v) is 4.30. The van der Waals surface area contributed by atoms with Crippen molar-refractivity contribution in [3.8, 4) is 0 Å². The van der Waals surface area contributed by atoms with Crippen LogP contribution in [-0.2, 0) is 0 Å². The normalized spacial score (nSPS) is 12.4. The Morgan fingerprint density at radius 1 is 1.18 bits per heavy atom. The third-order valence-electron chi connectivity index (χ3n) is 2.74. The Morgan fingerprint density at radius 3 is 2.65 bits per heavy atom. The number of nitrogens with two attached hydrogens (primary N) is 1. The summed E-state index contributed by atoms with van der Waals surface area (Å²) in [6.45, 7) is 3.92. The Hall–Kier alpha value is -1.87. The molecule has 0 aliphatic heterocycles. The van der Waals surface area contributed by atoms with Gasteiger partial charge in [0.05, 0.1) is 0 Å². The van der Waals surface area contributed by atoms with Crippen molar-refractivity contribution in [1.82, 2.24) is 4.98 Å². The predicted molar refractivity (Wildman–Crippen MR) is 68.6 cm³/mol. The molecule has 0 amide bonds. The van der Waals surface area contributed by atoms with Gasteiger partial charge >= 0.3 is 0 Å². The summed E-state index contributed by atoms with van der Waals surface area (Å²) in [5.74, 6) is 0.379. The van der Waals surface area contributed by atoms with Gasteiger partial charge in [-0.3, -0.25) is 0 Å². The number of hydrogen-bond acceptors (Lipinski definition) is 3. The lowest BCUT2D eigenvalue weighted by Crippen LogP contribution is -2.06. The Morgan fingerprint density at radius 2 is 1.94 bits per heavy atom. The molecule has 1 aromatic carbocycles. The highest BCUT2D eigenvalue weighted by Gasteiger charge is 2.14. The highest BCUT2D eigenvalue weighted by atomic mass is 16.3. The van der Waals surface area contributed by atoms with Crippen LogP contribution >= 0.6 is 0 Å². The van der Waals surface area contributed by atoms with Crippen molar-refractivity contribution < 1.29 is 5.11 Å². The van der Waals surface area contributed by atoms with Gasteiger partial charge in [-0.2, -0.15) is 0 Å². The monoisotopic (exact) mass is 228 g/mol. The fourth-order valence-corrected chi connectivity index (χ4v) is 1.84. The first-order chi connectivity index (χ1) is 8.08. The van der Waals surface area contributed by atoms with E-state index in [1.165, 1.54) is 0 Å². The number of nitrogen functional groups attached to an aromatic ring is 1. The average Bonchev–Trinajstić information content (AvgIpc) is 2.31. The Labute approximate surface area is 101 Å². The summed E-state index contributed by atoms with van der Waals surface area (Å²) >= 11 is 0. The van der Waals surface area contributed by atoms with Crippen LogP contribution in [0.4, 0.5) is 5.82 Å². The SMILES string of the molecule is Cc1cccc(C(O)c2cc(C)cnc2N)c1. The maximum Gasteiger partial charge on any atom is 0.129 e. The zero-order chi connectivity index (χ0) is 12.4. The van der Waals surface area contributed by atoms with E-state index in [9.17, 15) is 5.11 Å². The number of rotatable bonds is 2. The summed E-state index contributed by atoms with van der Waals surface area (Å²) in [4.78, 5) is 4.07. The predicted octanol–water partition coefficient (Wildman–Crippen LogP) is 2.36. The van der Waals surface area contributed by atoms with Gasteiger partial charge in [-0.1, -0.05) is 29.8 Å². The third-order valence-corrected chi connectivity index (χ3v) is 2.74. The summed E-state index contributed by atoms with van der Waals surface area (Å²) in [5.41, 5.74) is 9.39. The van der Waals surface area contributed by atoms with Crippen LogP contribution in [0, 0.1) is 13.8 Å². The van der Waals surface area contributed by atoms with E-state index in [0.717, 1.165) is 16.7 Å². The fraction of sp³-hybridized carbons (Fsp3) is 0.214. The summed E-state index contributed by atoms with van der Waals surface area (Å²) in [6.07, 6.45) is 0.976. The quantitative estimate of drug-likeness (QED) is 0.829. The maximum atomic E-state index is 10.3. The minimum atomic E-state index is -0.720. The van der Waals surface area contributed by atoms with Gasteiger partial charge in [0.1, 0.15) is 11.9 Å². The number of aliphatic hydroxyl groups excluding tert-OH is 1. The van der Waals surface area contributed by atoms with Gasteiger partial charge in [-0.25, -0.2) is 4.98 Å². The van der Waals surface area contributed by atoms with Crippen molar-refractivity contribution in [1.29, 1.82) is 0 Å². The van der Waals surface area contributed by atoms with E-state index in [4.69, 9.17) is 5.73 Å². The molecule has 0 radical (unpaired) electrons. The Kier molecular flexibility index (Phi) is 3.11. The molecule has 1 atom stereocenters. The largest absolute Gasteiger partial charge is 0.384 e. The van der Waals surface area contributed by atoms with E-state index in [-0.39, 0.29) is 0 Å². The summed E-state index contributed by atoms with van der Waals surface area (Å²) in [6, 6.07) is 9.63. The number of benzene rings is 1. The lowest BCUT2D eigenvalue weighted by molar-refractivity contribution is 0.220. The van der Waals surface area contributed by atoms with Crippen LogP contribution < -0.4 is 5.73 Å². The van der Waals surface area contributed by atoms with Crippen LogP contribution in [0.3, 0.4) is 0 Å². The molecule has 3 N–H and O–H groups in total. The Bertz CT molecular complexity index is 537. The smallest absolute Gasteiger partial charge is 0.129 e. The van der Waals surface area contributed by atoms with Crippen LogP contribution in [0.2, 0.25) is 0 Å². The van der Waals surface area contributed by atoms with Crippen molar-refractivity contribution in [2.75, 3.05) is 5.73 Å². The van der Waals surface area contributed by atoms with Crippen LogP contribution in [0.15, 0.2) is 36.5 Å². The summed E-state index contributed by atoms with van der Waals surface area (Å²) in [7, 11) is 0. The number of aliphatic hydroxyl groups is 1. The number of aryl methyl sites for hydroxylation is 2. The number of aromatic nitrogens is 1. The van der Waals surface area contributed by atoms with Crippen molar-refractivity contribution in [3.05, 3.63) is 58.8 Å². The first-order valence-corrected chi connectivity index (χ1v) is 5.54. The summed E-state index contributed by atoms with van der Waals surface area (Å²) in [5, 5.41) is 10.3. The molecule has 1 heterocycles. The van der Waals surface area contributed by atoms with Crippen molar-refractivity contribution in [3.63, 3.8) is 0 Å². The molecule has 0 saturated carbocycles. The second-order valence-electron chi connectivity index (χ2n) is 4.30. The Balaban J connectivity index is 2.43. The molecule has 0 aliphatic carbocycles. The molecule has 2 aromatic rings. The number of pyridine rings is 1. The van der Waals surface area contributed by atoms with Crippen LogP contribution in [0.25, 0.3) is 0 Å². The van der Waals surface area contributed by atoms with Gasteiger partial charge in [-0.05, 0) is 31.0 Å². The zero-order valence-electron chi connectivity index (χ0n) is 10.0. The molecule has 0 spiro atoms. The molecular formula is C14H16N2O. The highest BCUT2D eigenvalue weighted by Crippen LogP contribution is 2.26. The maximum absolute atomic E-state index is 10.3. The van der Waals surface area contributed by atoms with E-state index in [0.29, 0.717) is 11.4 Å². The number of anilines is 1. The molecule has 3 heteroatoms. The molecule has 0 fully saturated rings. The van der Waals surface area contributed by atoms with Gasteiger partial charge in [0.15, 0.2) is 0 Å². The van der Waals surface area contributed by atoms with Gasteiger partial charge in [0.2, 0.25) is 0 Å². The lowest BCUT2D eigenvalue weighted by atomic mass is 10.00. The minimum absolute atomic E-state index is 0.379. The second kappa shape index (κ2) is 4.55. The van der Waals surface area contributed by atoms with Crippen LogP contribution in [-0.4, -0.2) is 10.1 Å². The molecule has 0 bridgehead atoms.